The Hall–Kier alpha value is -1.47. The van der Waals surface area contributed by atoms with E-state index in [0.29, 0.717) is 44.4 Å². The van der Waals surface area contributed by atoms with Crippen molar-refractivity contribution >= 4 is 44.4 Å². The fourth-order valence-electron chi connectivity index (χ4n) is 3.96. The molecule has 32 heavy (non-hydrogen) atoms. The molecule has 1 saturated heterocycles. The van der Waals surface area contributed by atoms with Crippen LogP contribution in [0.25, 0.3) is 5.65 Å². The number of likely N-dealkylation sites (tertiary alicyclic amines) is 1. The number of sulfonamides is 1. The molecule has 1 aliphatic carbocycles. The molecule has 1 aliphatic heterocycles. The molecule has 1 saturated carbocycles. The number of nitrogens with zero attached hydrogens (tertiary/aromatic N) is 3. The maximum absolute atomic E-state index is 13.3. The van der Waals surface area contributed by atoms with Gasteiger partial charge in [-0.2, -0.15) is 0 Å². The first-order chi connectivity index (χ1) is 14.9. The Labute approximate surface area is 201 Å². The van der Waals surface area contributed by atoms with Gasteiger partial charge in [-0.05, 0) is 86.6 Å². The quantitative estimate of drug-likeness (QED) is 0.545. The molecule has 0 aromatic carbocycles. The summed E-state index contributed by atoms with van der Waals surface area (Å²) in [5.41, 5.74) is 0.00997. The summed E-state index contributed by atoms with van der Waals surface area (Å²) in [6, 6.07) is 1.66. The Morgan fingerprint density at radius 3 is 2.56 bits per heavy atom. The second-order valence-corrected chi connectivity index (χ2v) is 12.5. The van der Waals surface area contributed by atoms with Gasteiger partial charge in [0.15, 0.2) is 0 Å². The van der Waals surface area contributed by atoms with Crippen LogP contribution in [0.4, 0.5) is 9.18 Å². The molecule has 176 valence electrons. The van der Waals surface area contributed by atoms with Crippen LogP contribution in [0, 0.1) is 3.70 Å². The number of rotatable bonds is 5. The number of pyridine rings is 1. The number of fused-ring (bicyclic) bond motifs is 1. The molecule has 1 amide bonds. The molecule has 2 aromatic heterocycles. The van der Waals surface area contributed by atoms with E-state index in [1.807, 2.05) is 20.8 Å². The Kier molecular flexibility index (Phi) is 6.21. The van der Waals surface area contributed by atoms with E-state index in [1.165, 1.54) is 0 Å². The third-order valence-electron chi connectivity index (χ3n) is 5.92. The number of halogens is 2. The van der Waals surface area contributed by atoms with E-state index >= 15 is 0 Å². The van der Waals surface area contributed by atoms with Gasteiger partial charge in [0.2, 0.25) is 10.0 Å². The van der Waals surface area contributed by atoms with Crippen LogP contribution < -0.4 is 4.72 Å². The van der Waals surface area contributed by atoms with Gasteiger partial charge in [-0.1, -0.05) is 0 Å². The maximum Gasteiger partial charge on any atom is 0.410 e. The number of alkyl halides is 1. The highest BCUT2D eigenvalue weighted by atomic mass is 127. The first kappa shape index (κ1) is 23.7. The minimum absolute atomic E-state index is 0.0422. The standard InChI is InChI=1S/C21H28FIN4O4S/c1-20(2,3)31-19(28)26-8-4-14(5-9-26)16-10-15(12-27-17(23)11-24-18(16)27)32(29,30)25-21(13-22)6-7-21/h10-12,14,25H,4-9,13H2,1-3H3. The highest BCUT2D eigenvalue weighted by Gasteiger charge is 2.46. The molecule has 0 unspecified atom stereocenters. The van der Waals surface area contributed by atoms with Crippen LogP contribution in [0.15, 0.2) is 23.4 Å². The number of carbonyl (C=O) groups is 1. The summed E-state index contributed by atoms with van der Waals surface area (Å²) in [4.78, 5) is 18.7. The van der Waals surface area contributed by atoms with Crippen molar-refractivity contribution < 1.29 is 22.3 Å². The predicted molar refractivity (Wildman–Crippen MR) is 126 cm³/mol. The SMILES string of the molecule is CC(C)(C)OC(=O)N1CCC(c2cc(S(=O)(=O)NC3(CF)CC3)cn3c(I)cnc23)CC1. The molecule has 8 nitrogen and oxygen atoms in total. The monoisotopic (exact) mass is 578 g/mol. The lowest BCUT2D eigenvalue weighted by atomic mass is 9.90. The van der Waals surface area contributed by atoms with Crippen molar-refractivity contribution in [2.45, 2.75) is 68.4 Å². The van der Waals surface area contributed by atoms with Gasteiger partial charge in [-0.15, -0.1) is 0 Å². The van der Waals surface area contributed by atoms with Crippen LogP contribution in [-0.4, -0.2) is 59.7 Å². The van der Waals surface area contributed by atoms with Crippen molar-refractivity contribution in [2.75, 3.05) is 19.8 Å². The number of aromatic nitrogens is 2. The molecule has 3 heterocycles. The van der Waals surface area contributed by atoms with Gasteiger partial charge in [0, 0.05) is 19.3 Å². The lowest BCUT2D eigenvalue weighted by Crippen LogP contribution is -2.41. The van der Waals surface area contributed by atoms with Crippen LogP contribution in [0.5, 0.6) is 0 Å². The van der Waals surface area contributed by atoms with E-state index in [-0.39, 0.29) is 16.9 Å². The number of hydrogen-bond acceptors (Lipinski definition) is 5. The highest BCUT2D eigenvalue weighted by molar-refractivity contribution is 14.1. The molecule has 2 aliphatic rings. The second-order valence-electron chi connectivity index (χ2n) is 9.67. The lowest BCUT2D eigenvalue weighted by molar-refractivity contribution is 0.0205. The van der Waals surface area contributed by atoms with Crippen molar-refractivity contribution in [3.63, 3.8) is 0 Å². The topological polar surface area (TPSA) is 93.0 Å². The Balaban J connectivity index is 1.60. The van der Waals surface area contributed by atoms with E-state index in [4.69, 9.17) is 4.74 Å². The van der Waals surface area contributed by atoms with Crippen LogP contribution in [0.2, 0.25) is 0 Å². The molecule has 11 heteroatoms. The van der Waals surface area contributed by atoms with Gasteiger partial charge < -0.3 is 9.64 Å². The summed E-state index contributed by atoms with van der Waals surface area (Å²) in [5, 5.41) is 0. The molecule has 0 radical (unpaired) electrons. The fourth-order valence-corrected chi connectivity index (χ4v) is 5.94. The first-order valence-corrected chi connectivity index (χ1v) is 13.2. The van der Waals surface area contributed by atoms with Gasteiger partial charge >= 0.3 is 6.09 Å². The summed E-state index contributed by atoms with van der Waals surface area (Å²) in [6.45, 7) is 5.83. The van der Waals surface area contributed by atoms with Crippen molar-refractivity contribution in [1.82, 2.24) is 19.0 Å². The largest absolute Gasteiger partial charge is 0.444 e. The summed E-state index contributed by atoms with van der Waals surface area (Å²) in [5.74, 6) is 0.0422. The molecule has 2 fully saturated rings. The molecular weight excluding hydrogens is 550 g/mol. The summed E-state index contributed by atoms with van der Waals surface area (Å²) >= 11 is 2.11. The molecule has 4 rings (SSSR count). The van der Waals surface area contributed by atoms with Crippen LogP contribution in [0.3, 0.4) is 0 Å². The lowest BCUT2D eigenvalue weighted by Gasteiger charge is -2.33. The number of hydrogen-bond donors (Lipinski definition) is 1. The number of nitrogens with one attached hydrogen (secondary N) is 1. The van der Waals surface area contributed by atoms with Crippen molar-refractivity contribution in [3.8, 4) is 0 Å². The second kappa shape index (κ2) is 8.39. The number of imidazole rings is 1. The average Bonchev–Trinajstić information content (AvgIpc) is 3.39. The van der Waals surface area contributed by atoms with Crippen molar-refractivity contribution in [1.29, 1.82) is 0 Å². The summed E-state index contributed by atoms with van der Waals surface area (Å²) < 4.78 is 50.0. The minimum atomic E-state index is -3.89. The summed E-state index contributed by atoms with van der Waals surface area (Å²) in [7, 11) is -3.89. The van der Waals surface area contributed by atoms with Crippen LogP contribution in [0.1, 0.15) is 57.9 Å². The fraction of sp³-hybridized carbons (Fsp3) is 0.619. The first-order valence-electron chi connectivity index (χ1n) is 10.7. The minimum Gasteiger partial charge on any atom is -0.444 e. The smallest absolute Gasteiger partial charge is 0.410 e. The van der Waals surface area contributed by atoms with Gasteiger partial charge in [0.25, 0.3) is 0 Å². The van der Waals surface area contributed by atoms with Crippen molar-refractivity contribution in [2.24, 2.45) is 0 Å². The van der Waals surface area contributed by atoms with Crippen LogP contribution >= 0.6 is 22.6 Å². The molecule has 0 atom stereocenters. The average molecular weight is 578 g/mol. The number of amides is 1. The molecular formula is C21H28FIN4O4S. The molecule has 0 bridgehead atoms. The van der Waals surface area contributed by atoms with Gasteiger partial charge in [-0.25, -0.2) is 27.3 Å². The highest BCUT2D eigenvalue weighted by Crippen LogP contribution is 2.38. The van der Waals surface area contributed by atoms with Gasteiger partial charge in [0.1, 0.15) is 21.6 Å². The zero-order chi connectivity index (χ0) is 23.3. The van der Waals surface area contributed by atoms with E-state index in [9.17, 15) is 17.6 Å². The maximum atomic E-state index is 13.3. The third-order valence-corrected chi connectivity index (χ3v) is 8.26. The number of ether oxygens (including phenoxy) is 1. The zero-order valence-electron chi connectivity index (χ0n) is 18.4. The summed E-state index contributed by atoms with van der Waals surface area (Å²) in [6.07, 6.45) is 5.25. The Morgan fingerprint density at radius 1 is 1.34 bits per heavy atom. The zero-order valence-corrected chi connectivity index (χ0v) is 21.4. The number of carbonyl (C=O) groups excluding carboxylic acids is 1. The van der Waals surface area contributed by atoms with Crippen LogP contribution in [-0.2, 0) is 14.8 Å². The Morgan fingerprint density at radius 2 is 2.00 bits per heavy atom. The third kappa shape index (κ3) is 4.89. The van der Waals surface area contributed by atoms with E-state index < -0.39 is 27.8 Å². The van der Waals surface area contributed by atoms with E-state index in [1.54, 1.807) is 27.8 Å². The van der Waals surface area contributed by atoms with E-state index in [2.05, 4.69) is 32.3 Å². The molecule has 0 spiro atoms. The van der Waals surface area contributed by atoms with E-state index in [0.717, 1.165) is 9.26 Å². The molecule has 2 aromatic rings. The number of piperidine rings is 1. The Bertz CT molecular complexity index is 1130. The van der Waals surface area contributed by atoms with Gasteiger partial charge in [-0.3, -0.25) is 4.40 Å². The van der Waals surface area contributed by atoms with Gasteiger partial charge in [0.05, 0.1) is 16.6 Å². The predicted octanol–water partition coefficient (Wildman–Crippen LogP) is 3.83. The normalized spacial score (nSPS) is 19.3. The molecule has 1 N–H and O–H groups in total. The van der Waals surface area contributed by atoms with Crippen molar-refractivity contribution in [3.05, 3.63) is 27.7 Å².